The molecule has 5 heteroatoms. The van der Waals surface area contributed by atoms with Gasteiger partial charge in [0.1, 0.15) is 18.1 Å². The Kier molecular flexibility index (Phi) is 9.33. The van der Waals surface area contributed by atoms with E-state index in [4.69, 9.17) is 9.47 Å². The third kappa shape index (κ3) is 7.36. The fraction of sp³-hybridized carbons (Fsp3) is 0.321. The van der Waals surface area contributed by atoms with Gasteiger partial charge in [-0.05, 0) is 41.7 Å². The van der Waals surface area contributed by atoms with Gasteiger partial charge in [0.25, 0.3) is 0 Å². The molecule has 3 aromatic carbocycles. The molecule has 0 unspecified atom stereocenters. The number of carbonyl (C=O) groups is 1. The lowest BCUT2D eigenvalue weighted by Gasteiger charge is -2.16. The Labute approximate surface area is 197 Å². The normalized spacial score (nSPS) is 10.6. The zero-order valence-electron chi connectivity index (χ0n) is 19.8. The minimum absolute atomic E-state index is 0.0187. The summed E-state index contributed by atoms with van der Waals surface area (Å²) >= 11 is 0. The summed E-state index contributed by atoms with van der Waals surface area (Å²) in [7, 11) is 0. The lowest BCUT2D eigenvalue weighted by atomic mass is 9.97. The molecule has 0 radical (unpaired) electrons. The average Bonchev–Trinajstić information content (AvgIpc) is 2.83. The van der Waals surface area contributed by atoms with Crippen LogP contribution in [0.15, 0.2) is 66.7 Å². The molecule has 0 aliphatic carbocycles. The molecule has 174 valence electrons. The van der Waals surface area contributed by atoms with Gasteiger partial charge in [0.15, 0.2) is 0 Å². The maximum absolute atomic E-state index is 11.0. The summed E-state index contributed by atoms with van der Waals surface area (Å²) in [5.41, 5.74) is 5.90. The summed E-state index contributed by atoms with van der Waals surface area (Å²) in [5.74, 6) is 1.60. The molecule has 2 N–H and O–H groups in total. The molecule has 33 heavy (non-hydrogen) atoms. The predicted octanol–water partition coefficient (Wildman–Crippen LogP) is 5.26. The Morgan fingerprint density at radius 3 is 2.48 bits per heavy atom. The van der Waals surface area contributed by atoms with Crippen molar-refractivity contribution in [2.24, 2.45) is 0 Å². The summed E-state index contributed by atoms with van der Waals surface area (Å²) in [4.78, 5) is 11.0. The van der Waals surface area contributed by atoms with E-state index < -0.39 is 0 Å². The highest BCUT2D eigenvalue weighted by Crippen LogP contribution is 2.28. The molecule has 0 bridgehead atoms. The molecular formula is C28H34N2O3. The lowest BCUT2D eigenvalue weighted by Crippen LogP contribution is -2.30. The quantitative estimate of drug-likeness (QED) is 0.373. The summed E-state index contributed by atoms with van der Waals surface area (Å²) in [6.07, 6.45) is 0.936. The van der Waals surface area contributed by atoms with Crippen LogP contribution in [0.3, 0.4) is 0 Å². The SMILES string of the molecule is CCCOc1cc(OCc2cccc(-c3ccccc3)c2C)ccc1CNCCNC(C)=O. The topological polar surface area (TPSA) is 59.6 Å². The summed E-state index contributed by atoms with van der Waals surface area (Å²) < 4.78 is 12.1. The molecule has 0 aliphatic rings. The van der Waals surface area contributed by atoms with Crippen LogP contribution in [-0.2, 0) is 17.9 Å². The second-order valence-corrected chi connectivity index (χ2v) is 8.02. The fourth-order valence-electron chi connectivity index (χ4n) is 3.60. The number of rotatable bonds is 12. The van der Waals surface area contributed by atoms with Gasteiger partial charge in [-0.2, -0.15) is 0 Å². The van der Waals surface area contributed by atoms with Gasteiger partial charge >= 0.3 is 0 Å². The molecule has 5 nitrogen and oxygen atoms in total. The lowest BCUT2D eigenvalue weighted by molar-refractivity contribution is -0.118. The van der Waals surface area contributed by atoms with Crippen LogP contribution in [0.2, 0.25) is 0 Å². The van der Waals surface area contributed by atoms with E-state index in [1.807, 2.05) is 24.3 Å². The van der Waals surface area contributed by atoms with E-state index >= 15 is 0 Å². The standard InChI is InChI=1S/C28H34N2O3/c1-4-17-32-28-18-26(14-13-24(28)19-29-15-16-30-22(3)31)33-20-25-11-8-12-27(21(25)2)23-9-6-5-7-10-23/h5-14,18,29H,4,15-17,19-20H2,1-3H3,(H,30,31). The van der Waals surface area contributed by atoms with Gasteiger partial charge < -0.3 is 20.1 Å². The van der Waals surface area contributed by atoms with E-state index in [1.54, 1.807) is 0 Å². The van der Waals surface area contributed by atoms with E-state index in [0.29, 0.717) is 32.8 Å². The Bertz CT molecular complexity index is 1030. The van der Waals surface area contributed by atoms with Crippen molar-refractivity contribution >= 4 is 5.91 Å². The van der Waals surface area contributed by atoms with Gasteiger partial charge in [-0.25, -0.2) is 0 Å². The van der Waals surface area contributed by atoms with Crippen LogP contribution in [0, 0.1) is 6.92 Å². The molecule has 0 atom stereocenters. The largest absolute Gasteiger partial charge is 0.493 e. The molecule has 0 spiro atoms. The molecule has 3 rings (SSSR count). The first-order valence-corrected chi connectivity index (χ1v) is 11.6. The smallest absolute Gasteiger partial charge is 0.216 e. The van der Waals surface area contributed by atoms with E-state index in [2.05, 4.69) is 66.9 Å². The molecule has 0 aliphatic heterocycles. The maximum Gasteiger partial charge on any atom is 0.216 e. The van der Waals surface area contributed by atoms with Crippen molar-refractivity contribution in [2.75, 3.05) is 19.7 Å². The van der Waals surface area contributed by atoms with Crippen molar-refractivity contribution in [2.45, 2.75) is 40.3 Å². The van der Waals surface area contributed by atoms with Crippen LogP contribution in [-0.4, -0.2) is 25.6 Å². The third-order valence-corrected chi connectivity index (χ3v) is 5.42. The Morgan fingerprint density at radius 2 is 1.73 bits per heavy atom. The highest BCUT2D eigenvalue weighted by atomic mass is 16.5. The van der Waals surface area contributed by atoms with Gasteiger partial charge in [-0.3, -0.25) is 4.79 Å². The Balaban J connectivity index is 1.66. The van der Waals surface area contributed by atoms with Crippen LogP contribution in [0.4, 0.5) is 0 Å². The van der Waals surface area contributed by atoms with E-state index in [1.165, 1.54) is 23.6 Å². The molecule has 1 amide bonds. The second-order valence-electron chi connectivity index (χ2n) is 8.02. The van der Waals surface area contributed by atoms with Gasteiger partial charge in [0, 0.05) is 38.2 Å². The number of ether oxygens (including phenoxy) is 2. The first-order valence-electron chi connectivity index (χ1n) is 11.6. The van der Waals surface area contributed by atoms with E-state index in [0.717, 1.165) is 29.0 Å². The van der Waals surface area contributed by atoms with Gasteiger partial charge in [0.2, 0.25) is 5.91 Å². The summed E-state index contributed by atoms with van der Waals surface area (Å²) in [6.45, 7) is 8.87. The average molecular weight is 447 g/mol. The molecule has 3 aromatic rings. The zero-order valence-corrected chi connectivity index (χ0v) is 19.8. The molecule has 0 heterocycles. The van der Waals surface area contributed by atoms with Gasteiger partial charge in [-0.15, -0.1) is 0 Å². The number of hydrogen-bond donors (Lipinski definition) is 2. The van der Waals surface area contributed by atoms with Crippen molar-refractivity contribution < 1.29 is 14.3 Å². The minimum atomic E-state index is -0.0187. The Morgan fingerprint density at radius 1 is 0.909 bits per heavy atom. The molecule has 0 saturated heterocycles. The van der Waals surface area contributed by atoms with Crippen molar-refractivity contribution in [1.29, 1.82) is 0 Å². The zero-order chi connectivity index (χ0) is 23.5. The number of benzene rings is 3. The summed E-state index contributed by atoms with van der Waals surface area (Å²) in [6, 6.07) is 22.8. The first kappa shape index (κ1) is 24.3. The van der Waals surface area contributed by atoms with E-state index in [-0.39, 0.29) is 5.91 Å². The van der Waals surface area contributed by atoms with Crippen molar-refractivity contribution in [3.8, 4) is 22.6 Å². The van der Waals surface area contributed by atoms with Crippen LogP contribution in [0.1, 0.15) is 37.0 Å². The monoisotopic (exact) mass is 446 g/mol. The van der Waals surface area contributed by atoms with Crippen LogP contribution < -0.4 is 20.1 Å². The number of amides is 1. The highest BCUT2D eigenvalue weighted by molar-refractivity contribution is 5.72. The minimum Gasteiger partial charge on any atom is -0.493 e. The van der Waals surface area contributed by atoms with Crippen LogP contribution >= 0.6 is 0 Å². The first-order chi connectivity index (χ1) is 16.1. The maximum atomic E-state index is 11.0. The number of carbonyl (C=O) groups excluding carboxylic acids is 1. The predicted molar refractivity (Wildman–Crippen MR) is 134 cm³/mol. The molecular weight excluding hydrogens is 412 g/mol. The highest BCUT2D eigenvalue weighted by Gasteiger charge is 2.09. The molecule has 0 aromatic heterocycles. The van der Waals surface area contributed by atoms with Gasteiger partial charge in [-0.1, -0.05) is 61.5 Å². The van der Waals surface area contributed by atoms with Crippen molar-refractivity contribution in [3.63, 3.8) is 0 Å². The Hall–Kier alpha value is -3.31. The number of hydrogen-bond acceptors (Lipinski definition) is 4. The van der Waals surface area contributed by atoms with Crippen LogP contribution in [0.25, 0.3) is 11.1 Å². The van der Waals surface area contributed by atoms with Gasteiger partial charge in [0.05, 0.1) is 6.61 Å². The summed E-state index contributed by atoms with van der Waals surface area (Å²) in [5, 5.41) is 6.13. The molecule has 0 fully saturated rings. The second kappa shape index (κ2) is 12.7. The van der Waals surface area contributed by atoms with Crippen LogP contribution in [0.5, 0.6) is 11.5 Å². The van der Waals surface area contributed by atoms with E-state index in [9.17, 15) is 4.79 Å². The fourth-order valence-corrected chi connectivity index (χ4v) is 3.60. The molecule has 0 saturated carbocycles. The number of nitrogens with one attached hydrogen (secondary N) is 2. The third-order valence-electron chi connectivity index (χ3n) is 5.42. The van der Waals surface area contributed by atoms with Crippen molar-refractivity contribution in [3.05, 3.63) is 83.4 Å². The van der Waals surface area contributed by atoms with Crippen molar-refractivity contribution in [1.82, 2.24) is 10.6 Å².